The van der Waals surface area contributed by atoms with Gasteiger partial charge in [0.25, 0.3) is 11.8 Å². The fraction of sp³-hybridized carbons (Fsp3) is 0.300. The van der Waals surface area contributed by atoms with E-state index in [9.17, 15) is 9.59 Å². The van der Waals surface area contributed by atoms with Crippen molar-refractivity contribution in [1.29, 1.82) is 0 Å². The molecule has 0 atom stereocenters. The molecule has 0 unspecified atom stereocenters. The highest BCUT2D eigenvalue weighted by Crippen LogP contribution is 2.27. The average Bonchev–Trinajstić information content (AvgIpc) is 2.97. The summed E-state index contributed by atoms with van der Waals surface area (Å²) in [4.78, 5) is 30.4. The third-order valence-electron chi connectivity index (χ3n) is 4.32. The Morgan fingerprint density at radius 3 is 2.66 bits per heavy atom. The Bertz CT molecular complexity index is 1110. The number of ether oxygens (including phenoxy) is 1. The van der Waals surface area contributed by atoms with Crippen LogP contribution >= 0.6 is 11.6 Å². The number of pyridine rings is 1. The topological polar surface area (TPSA) is 89.4 Å². The van der Waals surface area contributed by atoms with Crippen LogP contribution in [0.5, 0.6) is 5.88 Å². The zero-order valence-electron chi connectivity index (χ0n) is 16.9. The first-order valence-electron chi connectivity index (χ1n) is 8.92. The van der Waals surface area contributed by atoms with Gasteiger partial charge in [-0.2, -0.15) is 0 Å². The Hall–Kier alpha value is -3.13. The molecule has 3 aromatic rings. The van der Waals surface area contributed by atoms with Crippen molar-refractivity contribution < 1.29 is 14.3 Å². The molecule has 0 bridgehead atoms. The summed E-state index contributed by atoms with van der Waals surface area (Å²) in [6.45, 7) is 3.59. The maximum Gasteiger partial charge on any atom is 0.262 e. The van der Waals surface area contributed by atoms with Gasteiger partial charge in [-0.25, -0.2) is 9.67 Å². The van der Waals surface area contributed by atoms with Crippen LogP contribution in [0.25, 0.3) is 11.0 Å². The molecule has 0 aliphatic rings. The molecule has 0 spiro atoms. The standard InChI is InChI=1S/C20H22ClN5O3/c1-11-8-12(2)22-18-17(11)19(24-26(18)5)29-10-16(27)23-15-9-13(6-7-14(15)21)20(28)25(3)4/h6-9H,10H2,1-5H3,(H,23,27). The molecule has 0 radical (unpaired) electrons. The molecule has 3 rings (SSSR count). The lowest BCUT2D eigenvalue weighted by molar-refractivity contribution is -0.118. The Morgan fingerprint density at radius 1 is 1.24 bits per heavy atom. The number of anilines is 1. The molecule has 0 saturated heterocycles. The predicted molar refractivity (Wildman–Crippen MR) is 112 cm³/mol. The van der Waals surface area contributed by atoms with E-state index in [0.717, 1.165) is 16.6 Å². The van der Waals surface area contributed by atoms with Gasteiger partial charge in [-0.05, 0) is 43.7 Å². The molecule has 0 fully saturated rings. The molecule has 0 saturated carbocycles. The van der Waals surface area contributed by atoms with Crippen molar-refractivity contribution in [2.75, 3.05) is 26.0 Å². The van der Waals surface area contributed by atoms with Gasteiger partial charge < -0.3 is 15.0 Å². The molecule has 2 amide bonds. The van der Waals surface area contributed by atoms with Gasteiger partial charge in [0, 0.05) is 32.4 Å². The monoisotopic (exact) mass is 415 g/mol. The maximum atomic E-state index is 12.4. The van der Waals surface area contributed by atoms with Crippen LogP contribution in [0.15, 0.2) is 24.3 Å². The zero-order valence-corrected chi connectivity index (χ0v) is 17.7. The molecule has 1 aromatic carbocycles. The van der Waals surface area contributed by atoms with Crippen LogP contribution in [0.1, 0.15) is 21.6 Å². The summed E-state index contributed by atoms with van der Waals surface area (Å²) in [5.74, 6) is -0.269. The Balaban J connectivity index is 1.75. The first-order chi connectivity index (χ1) is 13.7. The summed E-state index contributed by atoms with van der Waals surface area (Å²) < 4.78 is 7.27. The largest absolute Gasteiger partial charge is 0.466 e. The normalized spacial score (nSPS) is 10.8. The van der Waals surface area contributed by atoms with Crippen LogP contribution in [0.4, 0.5) is 5.69 Å². The second kappa shape index (κ2) is 8.08. The van der Waals surface area contributed by atoms with Gasteiger partial charge in [0.1, 0.15) is 0 Å². The van der Waals surface area contributed by atoms with Crippen molar-refractivity contribution in [3.8, 4) is 5.88 Å². The smallest absolute Gasteiger partial charge is 0.262 e. The highest BCUT2D eigenvalue weighted by molar-refractivity contribution is 6.33. The van der Waals surface area contributed by atoms with Crippen molar-refractivity contribution in [3.05, 3.63) is 46.1 Å². The number of nitrogens with zero attached hydrogens (tertiary/aromatic N) is 4. The zero-order chi connectivity index (χ0) is 21.3. The number of halogens is 1. The van der Waals surface area contributed by atoms with Crippen LogP contribution < -0.4 is 10.1 Å². The molecule has 0 aliphatic carbocycles. The van der Waals surface area contributed by atoms with E-state index in [1.807, 2.05) is 19.9 Å². The quantitative estimate of drug-likeness (QED) is 0.692. The van der Waals surface area contributed by atoms with Crippen molar-refractivity contribution in [1.82, 2.24) is 19.7 Å². The number of hydrogen-bond donors (Lipinski definition) is 1. The van der Waals surface area contributed by atoms with E-state index < -0.39 is 5.91 Å². The van der Waals surface area contributed by atoms with Crippen LogP contribution in [-0.4, -0.2) is 52.2 Å². The van der Waals surface area contributed by atoms with Crippen molar-refractivity contribution in [2.24, 2.45) is 7.05 Å². The fourth-order valence-corrected chi connectivity index (χ4v) is 3.15. The second-order valence-corrected chi connectivity index (χ2v) is 7.35. The third kappa shape index (κ3) is 4.32. The van der Waals surface area contributed by atoms with Crippen molar-refractivity contribution in [2.45, 2.75) is 13.8 Å². The van der Waals surface area contributed by atoms with Gasteiger partial charge in [0.2, 0.25) is 5.88 Å². The predicted octanol–water partition coefficient (Wildman–Crippen LogP) is 2.96. The minimum absolute atomic E-state index is 0.188. The first kappa shape index (κ1) is 20.6. The van der Waals surface area contributed by atoms with Crippen molar-refractivity contribution in [3.63, 3.8) is 0 Å². The fourth-order valence-electron chi connectivity index (χ4n) is 2.98. The number of aromatic nitrogens is 3. The van der Waals surface area contributed by atoms with Gasteiger partial charge in [-0.3, -0.25) is 9.59 Å². The number of benzene rings is 1. The summed E-state index contributed by atoms with van der Waals surface area (Å²) in [7, 11) is 5.07. The van der Waals surface area contributed by atoms with Gasteiger partial charge in [-0.15, -0.1) is 5.10 Å². The highest BCUT2D eigenvalue weighted by atomic mass is 35.5. The Kier molecular flexibility index (Phi) is 5.74. The lowest BCUT2D eigenvalue weighted by Crippen LogP contribution is -2.23. The Labute approximate surface area is 173 Å². The average molecular weight is 416 g/mol. The second-order valence-electron chi connectivity index (χ2n) is 6.94. The van der Waals surface area contributed by atoms with E-state index in [2.05, 4.69) is 15.4 Å². The molecular weight excluding hydrogens is 394 g/mol. The number of aryl methyl sites for hydroxylation is 3. The lowest BCUT2D eigenvalue weighted by atomic mass is 10.2. The van der Waals surface area contributed by atoms with Crippen LogP contribution in [-0.2, 0) is 11.8 Å². The van der Waals surface area contributed by atoms with E-state index >= 15 is 0 Å². The number of rotatable bonds is 5. The first-order valence-corrected chi connectivity index (χ1v) is 9.30. The summed E-state index contributed by atoms with van der Waals surface area (Å²) in [6, 6.07) is 6.65. The van der Waals surface area contributed by atoms with Crippen LogP contribution in [0.3, 0.4) is 0 Å². The summed E-state index contributed by atoms with van der Waals surface area (Å²) >= 11 is 6.15. The molecule has 29 heavy (non-hydrogen) atoms. The number of nitrogens with one attached hydrogen (secondary N) is 1. The van der Waals surface area contributed by atoms with Gasteiger partial charge >= 0.3 is 0 Å². The maximum absolute atomic E-state index is 12.4. The van der Waals surface area contributed by atoms with E-state index in [4.69, 9.17) is 16.3 Å². The van der Waals surface area contributed by atoms with E-state index in [1.165, 1.54) is 11.0 Å². The van der Waals surface area contributed by atoms with E-state index in [0.29, 0.717) is 27.8 Å². The van der Waals surface area contributed by atoms with E-state index in [1.54, 1.807) is 38.0 Å². The molecule has 2 heterocycles. The molecule has 8 nitrogen and oxygen atoms in total. The lowest BCUT2D eigenvalue weighted by Gasteiger charge is -2.13. The summed E-state index contributed by atoms with van der Waals surface area (Å²) in [5.41, 5.74) is 3.30. The minimum Gasteiger partial charge on any atom is -0.466 e. The van der Waals surface area contributed by atoms with Gasteiger partial charge in [0.05, 0.1) is 16.1 Å². The SMILES string of the molecule is Cc1cc(C)c2c(OCC(=O)Nc3cc(C(=O)N(C)C)ccc3Cl)nn(C)c2n1. The van der Waals surface area contributed by atoms with E-state index in [-0.39, 0.29) is 12.5 Å². The number of fused-ring (bicyclic) bond motifs is 1. The minimum atomic E-state index is -0.419. The summed E-state index contributed by atoms with van der Waals surface area (Å²) in [5, 5.41) is 8.09. The Morgan fingerprint density at radius 2 is 1.97 bits per heavy atom. The molecule has 2 aromatic heterocycles. The summed E-state index contributed by atoms with van der Waals surface area (Å²) in [6.07, 6.45) is 0. The molecular formula is C20H22ClN5O3. The van der Waals surface area contributed by atoms with Gasteiger partial charge in [-0.1, -0.05) is 11.6 Å². The molecule has 9 heteroatoms. The molecule has 152 valence electrons. The number of carbonyl (C=O) groups excluding carboxylic acids is 2. The number of hydrogen-bond acceptors (Lipinski definition) is 5. The molecule has 0 aliphatic heterocycles. The number of carbonyl (C=O) groups is 2. The number of amides is 2. The van der Waals surface area contributed by atoms with Crippen LogP contribution in [0, 0.1) is 13.8 Å². The highest BCUT2D eigenvalue weighted by Gasteiger charge is 2.17. The molecule has 1 N–H and O–H groups in total. The van der Waals surface area contributed by atoms with Gasteiger partial charge in [0.15, 0.2) is 12.3 Å². The third-order valence-corrected chi connectivity index (χ3v) is 4.65. The van der Waals surface area contributed by atoms with Crippen molar-refractivity contribution >= 4 is 40.1 Å². The van der Waals surface area contributed by atoms with Crippen LogP contribution in [0.2, 0.25) is 5.02 Å².